The standard InChI is InChI=1S/C14H16N2O/c1-10-4-3-5-13(11(10)2)16-12(8-9-15)6-7-14(16)17/h3-5,12H,6-8H2,1-2H3. The predicted octanol–water partition coefficient (Wildman–Crippen LogP) is 2.71. The fraction of sp³-hybridized carbons (Fsp3) is 0.429. The molecule has 1 fully saturated rings. The third kappa shape index (κ3) is 2.03. The first-order chi connectivity index (χ1) is 8.15. The Balaban J connectivity index is 2.40. The van der Waals surface area contributed by atoms with E-state index in [2.05, 4.69) is 6.07 Å². The van der Waals surface area contributed by atoms with Gasteiger partial charge in [0.05, 0.1) is 18.5 Å². The van der Waals surface area contributed by atoms with Gasteiger partial charge in [0.15, 0.2) is 0 Å². The van der Waals surface area contributed by atoms with Gasteiger partial charge in [-0.25, -0.2) is 0 Å². The molecule has 1 saturated heterocycles. The first kappa shape index (κ1) is 11.7. The van der Waals surface area contributed by atoms with Gasteiger partial charge in [-0.3, -0.25) is 4.79 Å². The van der Waals surface area contributed by atoms with Crippen LogP contribution >= 0.6 is 0 Å². The van der Waals surface area contributed by atoms with Crippen LogP contribution in [0.2, 0.25) is 0 Å². The molecule has 0 radical (unpaired) electrons. The number of rotatable bonds is 2. The molecule has 17 heavy (non-hydrogen) atoms. The van der Waals surface area contributed by atoms with Crippen LogP contribution in [0.1, 0.15) is 30.4 Å². The van der Waals surface area contributed by atoms with Crippen LogP contribution in [0.15, 0.2) is 18.2 Å². The molecule has 1 aliphatic heterocycles. The molecule has 1 amide bonds. The molecule has 0 spiro atoms. The van der Waals surface area contributed by atoms with Crippen LogP contribution in [0.5, 0.6) is 0 Å². The van der Waals surface area contributed by atoms with Crippen molar-refractivity contribution in [2.75, 3.05) is 4.90 Å². The minimum Gasteiger partial charge on any atom is -0.308 e. The monoisotopic (exact) mass is 228 g/mol. The molecule has 0 bridgehead atoms. The Labute approximate surface area is 102 Å². The minimum atomic E-state index is 0.0491. The fourth-order valence-electron chi connectivity index (χ4n) is 2.37. The van der Waals surface area contributed by atoms with Crippen molar-refractivity contribution in [3.63, 3.8) is 0 Å². The van der Waals surface area contributed by atoms with E-state index in [-0.39, 0.29) is 11.9 Å². The molecule has 88 valence electrons. The molecule has 0 aromatic heterocycles. The lowest BCUT2D eigenvalue weighted by Crippen LogP contribution is -2.33. The highest BCUT2D eigenvalue weighted by Gasteiger charge is 2.32. The molecule has 1 aliphatic rings. The third-order valence-corrected chi connectivity index (χ3v) is 3.49. The Hall–Kier alpha value is -1.82. The zero-order chi connectivity index (χ0) is 12.4. The Morgan fingerprint density at radius 3 is 2.94 bits per heavy atom. The molecule has 1 heterocycles. The van der Waals surface area contributed by atoms with Gasteiger partial charge in [0, 0.05) is 12.1 Å². The van der Waals surface area contributed by atoms with Crippen molar-refractivity contribution >= 4 is 11.6 Å². The van der Waals surface area contributed by atoms with Crippen LogP contribution in [-0.4, -0.2) is 11.9 Å². The largest absolute Gasteiger partial charge is 0.308 e. The van der Waals surface area contributed by atoms with Gasteiger partial charge in [0.2, 0.25) is 5.91 Å². The molecule has 1 unspecified atom stereocenters. The second kappa shape index (κ2) is 4.58. The number of carbonyl (C=O) groups excluding carboxylic acids is 1. The van der Waals surface area contributed by atoms with Crippen molar-refractivity contribution in [2.45, 2.75) is 39.2 Å². The summed E-state index contributed by atoms with van der Waals surface area (Å²) >= 11 is 0. The van der Waals surface area contributed by atoms with Gasteiger partial charge in [0.1, 0.15) is 0 Å². The zero-order valence-electron chi connectivity index (χ0n) is 10.2. The normalized spacial score (nSPS) is 19.5. The molecule has 2 rings (SSSR count). The van der Waals surface area contributed by atoms with Crippen LogP contribution in [0.4, 0.5) is 5.69 Å². The first-order valence-electron chi connectivity index (χ1n) is 5.90. The second-order valence-electron chi connectivity index (χ2n) is 4.54. The van der Waals surface area contributed by atoms with E-state index in [0.29, 0.717) is 12.8 Å². The molecular weight excluding hydrogens is 212 g/mol. The lowest BCUT2D eigenvalue weighted by molar-refractivity contribution is -0.117. The van der Waals surface area contributed by atoms with E-state index in [0.717, 1.165) is 17.7 Å². The van der Waals surface area contributed by atoms with Crippen molar-refractivity contribution < 1.29 is 4.79 Å². The van der Waals surface area contributed by atoms with Crippen LogP contribution in [0.3, 0.4) is 0 Å². The zero-order valence-corrected chi connectivity index (χ0v) is 10.2. The smallest absolute Gasteiger partial charge is 0.227 e. The summed E-state index contributed by atoms with van der Waals surface area (Å²) in [5, 5.41) is 8.81. The summed E-state index contributed by atoms with van der Waals surface area (Å²) in [5.41, 5.74) is 3.27. The number of amides is 1. The Kier molecular flexibility index (Phi) is 3.14. The summed E-state index contributed by atoms with van der Waals surface area (Å²) in [7, 11) is 0. The van der Waals surface area contributed by atoms with Gasteiger partial charge in [-0.15, -0.1) is 0 Å². The van der Waals surface area contributed by atoms with Gasteiger partial charge in [-0.1, -0.05) is 12.1 Å². The van der Waals surface area contributed by atoms with Crippen LogP contribution in [-0.2, 0) is 4.79 Å². The van der Waals surface area contributed by atoms with E-state index in [1.807, 2.05) is 36.9 Å². The summed E-state index contributed by atoms with van der Waals surface area (Å²) in [5.74, 6) is 0.138. The summed E-state index contributed by atoms with van der Waals surface area (Å²) in [6.07, 6.45) is 1.76. The highest BCUT2D eigenvalue weighted by Crippen LogP contribution is 2.31. The second-order valence-corrected chi connectivity index (χ2v) is 4.54. The van der Waals surface area contributed by atoms with E-state index in [1.165, 1.54) is 5.56 Å². The van der Waals surface area contributed by atoms with Crippen molar-refractivity contribution in [1.82, 2.24) is 0 Å². The molecule has 0 N–H and O–H groups in total. The average Bonchev–Trinajstić information content (AvgIpc) is 2.65. The highest BCUT2D eigenvalue weighted by atomic mass is 16.2. The number of anilines is 1. The number of aryl methyl sites for hydroxylation is 1. The summed E-state index contributed by atoms with van der Waals surface area (Å²) in [6, 6.07) is 8.19. The molecule has 3 nitrogen and oxygen atoms in total. The molecule has 1 aromatic rings. The predicted molar refractivity (Wildman–Crippen MR) is 66.7 cm³/mol. The van der Waals surface area contributed by atoms with Crippen molar-refractivity contribution in [3.05, 3.63) is 29.3 Å². The summed E-state index contributed by atoms with van der Waals surface area (Å²) < 4.78 is 0. The number of nitriles is 1. The van der Waals surface area contributed by atoms with Gasteiger partial charge in [-0.2, -0.15) is 5.26 Å². The maximum absolute atomic E-state index is 11.9. The maximum atomic E-state index is 11.9. The number of benzene rings is 1. The topological polar surface area (TPSA) is 44.1 Å². The van der Waals surface area contributed by atoms with Crippen molar-refractivity contribution in [2.24, 2.45) is 0 Å². The van der Waals surface area contributed by atoms with E-state index in [9.17, 15) is 4.79 Å². The van der Waals surface area contributed by atoms with Crippen LogP contribution < -0.4 is 4.90 Å². The molecule has 1 atom stereocenters. The lowest BCUT2D eigenvalue weighted by Gasteiger charge is -2.25. The quantitative estimate of drug-likeness (QED) is 0.781. The highest BCUT2D eigenvalue weighted by molar-refractivity contribution is 5.97. The van der Waals surface area contributed by atoms with E-state index in [1.54, 1.807) is 0 Å². The van der Waals surface area contributed by atoms with Crippen LogP contribution in [0, 0.1) is 25.2 Å². The average molecular weight is 228 g/mol. The Morgan fingerprint density at radius 1 is 1.47 bits per heavy atom. The molecule has 0 aliphatic carbocycles. The van der Waals surface area contributed by atoms with Gasteiger partial charge < -0.3 is 4.90 Å². The van der Waals surface area contributed by atoms with E-state index in [4.69, 9.17) is 5.26 Å². The Morgan fingerprint density at radius 2 is 2.24 bits per heavy atom. The fourth-order valence-corrected chi connectivity index (χ4v) is 2.37. The lowest BCUT2D eigenvalue weighted by atomic mass is 10.1. The van der Waals surface area contributed by atoms with Gasteiger partial charge in [0.25, 0.3) is 0 Å². The Bertz CT molecular complexity index is 487. The van der Waals surface area contributed by atoms with Gasteiger partial charge >= 0.3 is 0 Å². The van der Waals surface area contributed by atoms with E-state index < -0.39 is 0 Å². The molecule has 1 aromatic carbocycles. The summed E-state index contributed by atoms with van der Waals surface area (Å²) in [4.78, 5) is 13.8. The molecule has 3 heteroatoms. The number of hydrogen-bond acceptors (Lipinski definition) is 2. The van der Waals surface area contributed by atoms with Gasteiger partial charge in [-0.05, 0) is 37.5 Å². The number of hydrogen-bond donors (Lipinski definition) is 0. The van der Waals surface area contributed by atoms with Crippen molar-refractivity contribution in [1.29, 1.82) is 5.26 Å². The first-order valence-corrected chi connectivity index (χ1v) is 5.90. The molecular formula is C14H16N2O. The van der Waals surface area contributed by atoms with Crippen LogP contribution in [0.25, 0.3) is 0 Å². The third-order valence-electron chi connectivity index (χ3n) is 3.49. The van der Waals surface area contributed by atoms with E-state index >= 15 is 0 Å². The maximum Gasteiger partial charge on any atom is 0.227 e. The van der Waals surface area contributed by atoms with Crippen molar-refractivity contribution in [3.8, 4) is 6.07 Å². The number of nitrogens with zero attached hydrogens (tertiary/aromatic N) is 2. The molecule has 0 saturated carbocycles. The summed E-state index contributed by atoms with van der Waals surface area (Å²) in [6.45, 7) is 4.07. The SMILES string of the molecule is Cc1cccc(N2C(=O)CCC2CC#N)c1C. The number of carbonyl (C=O) groups is 1. The minimum absolute atomic E-state index is 0.0491.